The zero-order valence-corrected chi connectivity index (χ0v) is 4.43. The lowest BCUT2D eigenvalue weighted by atomic mass is 11.1. The molecule has 1 heterocycles. The smallest absolute Gasteiger partial charge is 0.120 e. The van der Waals surface area contributed by atoms with Crippen molar-refractivity contribution in [2.45, 2.75) is 5.88 Å². The number of hydrogen-bond acceptors (Lipinski definition) is 2. The van der Waals surface area contributed by atoms with Crippen LogP contribution >= 0.6 is 12.6 Å². The van der Waals surface area contributed by atoms with E-state index in [1.54, 1.807) is 17.2 Å². The van der Waals surface area contributed by atoms with Gasteiger partial charge >= 0.3 is 0 Å². The minimum atomic E-state index is 0.535. The average Bonchev–Trinajstić information content (AvgIpc) is 2.14. The zero-order chi connectivity index (χ0) is 5.11. The molecular weight excluding hydrogens is 110 g/mol. The number of rotatable bonds is 1. The van der Waals surface area contributed by atoms with Crippen LogP contribution in [0.15, 0.2) is 12.7 Å². The molecule has 7 heavy (non-hydrogen) atoms. The average molecular weight is 114 g/mol. The van der Waals surface area contributed by atoms with Gasteiger partial charge in [0.05, 0.1) is 5.88 Å². The van der Waals surface area contributed by atoms with Crippen molar-refractivity contribution in [3.63, 3.8) is 0 Å². The topological polar surface area (TPSA) is 30.7 Å². The van der Waals surface area contributed by atoms with Crippen LogP contribution in [-0.4, -0.2) is 14.8 Å². The first-order valence-electron chi connectivity index (χ1n) is 1.84. The third-order valence-electron chi connectivity index (χ3n) is 0.616. The Bertz CT molecular complexity index is 125. The Kier molecular flexibility index (Phi) is 1.31. The molecule has 0 spiro atoms. The normalized spacial score (nSPS) is 9.29. The Balaban J connectivity index is 2.76. The standard InChI is InChI=1S/C3H4N3S/c7-3-6-1-4-5-2-6/h1-2H,3H2. The molecule has 0 unspecified atom stereocenters. The molecule has 37 valence electrons. The second-order valence-electron chi connectivity index (χ2n) is 1.11. The van der Waals surface area contributed by atoms with Crippen LogP contribution in [-0.2, 0) is 5.88 Å². The van der Waals surface area contributed by atoms with Crippen LogP contribution in [0, 0.1) is 0 Å². The summed E-state index contributed by atoms with van der Waals surface area (Å²) in [6.07, 6.45) is 3.18. The fourth-order valence-electron chi connectivity index (χ4n) is 0.289. The first kappa shape index (κ1) is 4.64. The highest BCUT2D eigenvalue weighted by atomic mass is 32.1. The predicted octanol–water partition coefficient (Wildman–Crippen LogP) is 0.433. The molecule has 0 N–H and O–H groups in total. The molecule has 3 nitrogen and oxygen atoms in total. The van der Waals surface area contributed by atoms with Gasteiger partial charge in [-0.3, -0.25) is 0 Å². The van der Waals surface area contributed by atoms with Crippen molar-refractivity contribution in [2.75, 3.05) is 0 Å². The predicted molar refractivity (Wildman–Crippen MR) is 27.6 cm³/mol. The second-order valence-corrected chi connectivity index (χ2v) is 1.36. The van der Waals surface area contributed by atoms with Crippen molar-refractivity contribution in [3.05, 3.63) is 12.7 Å². The summed E-state index contributed by atoms with van der Waals surface area (Å²) in [7, 11) is 0. The Hall–Kier alpha value is -0.510. The van der Waals surface area contributed by atoms with Crippen LogP contribution < -0.4 is 0 Å². The summed E-state index contributed by atoms with van der Waals surface area (Å²) in [5.41, 5.74) is 0. The number of hydrogen-bond donors (Lipinski definition) is 0. The van der Waals surface area contributed by atoms with E-state index in [9.17, 15) is 0 Å². The van der Waals surface area contributed by atoms with Gasteiger partial charge in [0.25, 0.3) is 0 Å². The van der Waals surface area contributed by atoms with Crippen molar-refractivity contribution < 1.29 is 0 Å². The second kappa shape index (κ2) is 1.97. The van der Waals surface area contributed by atoms with Crippen LogP contribution in [0.5, 0.6) is 0 Å². The van der Waals surface area contributed by atoms with Gasteiger partial charge < -0.3 is 4.57 Å². The third kappa shape index (κ3) is 0.928. The first-order valence-corrected chi connectivity index (χ1v) is 2.42. The molecule has 0 aliphatic rings. The molecule has 1 rings (SSSR count). The maximum absolute atomic E-state index is 4.66. The molecule has 4 heteroatoms. The fourth-order valence-corrected chi connectivity index (χ4v) is 0.422. The molecule has 0 aromatic carbocycles. The molecule has 0 bridgehead atoms. The lowest BCUT2D eigenvalue weighted by Gasteiger charge is -1.84. The minimum Gasteiger partial charge on any atom is -0.309 e. The lowest BCUT2D eigenvalue weighted by molar-refractivity contribution is 0.891. The first-order chi connectivity index (χ1) is 3.43. The summed E-state index contributed by atoms with van der Waals surface area (Å²) >= 11 is 4.66. The summed E-state index contributed by atoms with van der Waals surface area (Å²) in [6.45, 7) is 0. The van der Waals surface area contributed by atoms with Crippen LogP contribution in [0.1, 0.15) is 0 Å². The fraction of sp³-hybridized carbons (Fsp3) is 0.333. The molecule has 1 aromatic heterocycles. The van der Waals surface area contributed by atoms with E-state index < -0.39 is 0 Å². The summed E-state index contributed by atoms with van der Waals surface area (Å²) in [5.74, 6) is 0.535. The monoisotopic (exact) mass is 114 g/mol. The largest absolute Gasteiger partial charge is 0.309 e. The molecule has 1 aromatic rings. The third-order valence-corrected chi connectivity index (χ3v) is 0.914. The minimum absolute atomic E-state index is 0.535. The SMILES string of the molecule is [S]Cn1cnnc1. The highest BCUT2D eigenvalue weighted by Gasteiger charge is 1.79. The van der Waals surface area contributed by atoms with Crippen molar-refractivity contribution in [1.29, 1.82) is 0 Å². The maximum atomic E-state index is 4.66. The summed E-state index contributed by atoms with van der Waals surface area (Å²) < 4.78 is 1.72. The Morgan fingerprint density at radius 2 is 2.00 bits per heavy atom. The van der Waals surface area contributed by atoms with Crippen LogP contribution in [0.3, 0.4) is 0 Å². The van der Waals surface area contributed by atoms with Gasteiger partial charge in [0.2, 0.25) is 0 Å². The molecule has 0 atom stereocenters. The van der Waals surface area contributed by atoms with Gasteiger partial charge in [-0.05, 0) is 0 Å². The van der Waals surface area contributed by atoms with Gasteiger partial charge in [0, 0.05) is 0 Å². The van der Waals surface area contributed by atoms with Gasteiger partial charge in [-0.25, -0.2) is 0 Å². The highest BCUT2D eigenvalue weighted by Crippen LogP contribution is 1.82. The quantitative estimate of drug-likeness (QED) is 0.530. The number of aromatic nitrogens is 3. The Labute approximate surface area is 46.8 Å². The zero-order valence-electron chi connectivity index (χ0n) is 3.61. The van der Waals surface area contributed by atoms with Crippen molar-refractivity contribution in [3.8, 4) is 0 Å². The summed E-state index contributed by atoms with van der Waals surface area (Å²) in [5, 5.41) is 7.08. The molecule has 1 radical (unpaired) electrons. The molecule has 0 amide bonds. The van der Waals surface area contributed by atoms with E-state index in [4.69, 9.17) is 0 Å². The van der Waals surface area contributed by atoms with Gasteiger partial charge in [-0.2, -0.15) is 0 Å². The molecule has 0 saturated heterocycles. The van der Waals surface area contributed by atoms with E-state index in [-0.39, 0.29) is 0 Å². The highest BCUT2D eigenvalue weighted by molar-refractivity contribution is 7.79. The van der Waals surface area contributed by atoms with Gasteiger partial charge in [0.15, 0.2) is 0 Å². The molecule has 0 aliphatic carbocycles. The Morgan fingerprint density at radius 1 is 1.43 bits per heavy atom. The summed E-state index contributed by atoms with van der Waals surface area (Å²) in [4.78, 5) is 0. The van der Waals surface area contributed by atoms with Gasteiger partial charge in [-0.1, -0.05) is 12.6 Å². The number of nitrogens with zero attached hydrogens (tertiary/aromatic N) is 3. The van der Waals surface area contributed by atoms with Crippen molar-refractivity contribution in [2.24, 2.45) is 0 Å². The van der Waals surface area contributed by atoms with Crippen molar-refractivity contribution in [1.82, 2.24) is 14.8 Å². The Morgan fingerprint density at radius 3 is 2.29 bits per heavy atom. The lowest BCUT2D eigenvalue weighted by Crippen LogP contribution is -1.83. The van der Waals surface area contributed by atoms with E-state index in [0.29, 0.717) is 5.88 Å². The van der Waals surface area contributed by atoms with Crippen LogP contribution in [0.2, 0.25) is 0 Å². The molecule has 0 aliphatic heterocycles. The summed E-state index contributed by atoms with van der Waals surface area (Å²) in [6, 6.07) is 0. The van der Waals surface area contributed by atoms with Crippen LogP contribution in [0.4, 0.5) is 0 Å². The van der Waals surface area contributed by atoms with Gasteiger partial charge in [-0.15, -0.1) is 10.2 Å². The van der Waals surface area contributed by atoms with Gasteiger partial charge in [0.1, 0.15) is 12.7 Å². The maximum Gasteiger partial charge on any atom is 0.120 e. The van der Waals surface area contributed by atoms with E-state index >= 15 is 0 Å². The molecule has 0 saturated carbocycles. The molecular formula is C3H4N3S. The molecule has 0 fully saturated rings. The van der Waals surface area contributed by atoms with E-state index in [0.717, 1.165) is 0 Å². The van der Waals surface area contributed by atoms with E-state index in [1.165, 1.54) is 0 Å². The van der Waals surface area contributed by atoms with Crippen LogP contribution in [0.25, 0.3) is 0 Å². The van der Waals surface area contributed by atoms with E-state index in [2.05, 4.69) is 22.8 Å². The van der Waals surface area contributed by atoms with Crippen molar-refractivity contribution >= 4 is 12.6 Å². The van der Waals surface area contributed by atoms with E-state index in [1.807, 2.05) is 0 Å².